The summed E-state index contributed by atoms with van der Waals surface area (Å²) >= 11 is 0. The van der Waals surface area contributed by atoms with Crippen molar-refractivity contribution in [3.8, 4) is 0 Å². The van der Waals surface area contributed by atoms with Crippen LogP contribution < -0.4 is 5.32 Å². The van der Waals surface area contributed by atoms with Gasteiger partial charge in [-0.1, -0.05) is 0 Å². The van der Waals surface area contributed by atoms with Crippen molar-refractivity contribution in [1.82, 2.24) is 5.32 Å². The number of fused-ring (bicyclic) bond motifs is 1. The van der Waals surface area contributed by atoms with Gasteiger partial charge in [-0.2, -0.15) is 0 Å². The Morgan fingerprint density at radius 2 is 2.55 bits per heavy atom. The molecule has 2 rings (SSSR count). The van der Waals surface area contributed by atoms with Crippen LogP contribution in [0.15, 0.2) is 0 Å². The number of hydrogen-bond donors (Lipinski definition) is 2. The molecule has 11 heavy (non-hydrogen) atoms. The summed E-state index contributed by atoms with van der Waals surface area (Å²) in [6.45, 7) is -0.151. The van der Waals surface area contributed by atoms with Gasteiger partial charge in [0.1, 0.15) is 0 Å². The van der Waals surface area contributed by atoms with Crippen molar-refractivity contribution >= 4 is 5.91 Å². The van der Waals surface area contributed by atoms with Gasteiger partial charge in [0.25, 0.3) is 5.91 Å². The minimum atomic E-state index is -1.65. The van der Waals surface area contributed by atoms with Gasteiger partial charge in [-0.15, -0.1) is 0 Å². The maximum Gasteiger partial charge on any atom is 0.258 e. The van der Waals surface area contributed by atoms with Gasteiger partial charge in [-0.25, -0.2) is 4.39 Å². The van der Waals surface area contributed by atoms with Crippen molar-refractivity contribution in [2.24, 2.45) is 5.92 Å². The molecule has 0 aromatic rings. The van der Waals surface area contributed by atoms with Crippen molar-refractivity contribution in [3.63, 3.8) is 0 Å². The van der Waals surface area contributed by atoms with Crippen molar-refractivity contribution in [2.45, 2.75) is 24.6 Å². The lowest BCUT2D eigenvalue weighted by Gasteiger charge is -2.36. The number of halogens is 1. The Morgan fingerprint density at radius 3 is 2.82 bits per heavy atom. The lowest BCUT2D eigenvalue weighted by Crippen LogP contribution is -2.47. The van der Waals surface area contributed by atoms with Crippen LogP contribution in [0.2, 0.25) is 0 Å². The van der Waals surface area contributed by atoms with E-state index in [2.05, 4.69) is 5.32 Å². The normalized spacial score (nSPS) is 48.0. The molecule has 1 amide bonds. The Balaban J connectivity index is 2.20. The quantitative estimate of drug-likeness (QED) is 0.546. The van der Waals surface area contributed by atoms with Crippen LogP contribution in [0.5, 0.6) is 0 Å². The number of hydrogen-bond acceptors (Lipinski definition) is 2. The van der Waals surface area contributed by atoms with Crippen LogP contribution in [0.4, 0.5) is 4.39 Å². The number of carbonyl (C=O) groups excluding carboxylic acids is 1. The van der Waals surface area contributed by atoms with Gasteiger partial charge < -0.3 is 10.4 Å². The van der Waals surface area contributed by atoms with Crippen LogP contribution in [0.1, 0.15) is 12.8 Å². The molecule has 3 unspecified atom stereocenters. The fourth-order valence-corrected chi connectivity index (χ4v) is 1.93. The second-order valence-electron chi connectivity index (χ2n) is 3.27. The summed E-state index contributed by atoms with van der Waals surface area (Å²) < 4.78 is 13.4. The molecule has 1 aliphatic carbocycles. The van der Waals surface area contributed by atoms with E-state index in [0.29, 0.717) is 12.8 Å². The molecule has 2 aliphatic rings. The second kappa shape index (κ2) is 1.94. The predicted molar refractivity (Wildman–Crippen MR) is 35.6 cm³/mol. The predicted octanol–water partition coefficient (Wildman–Crippen LogP) is -0.405. The summed E-state index contributed by atoms with van der Waals surface area (Å²) in [5.41, 5.74) is -1.65. The van der Waals surface area contributed by atoms with E-state index in [1.54, 1.807) is 0 Å². The topological polar surface area (TPSA) is 49.3 Å². The fourth-order valence-electron chi connectivity index (χ4n) is 1.93. The van der Waals surface area contributed by atoms with Crippen molar-refractivity contribution < 1.29 is 14.3 Å². The first kappa shape index (κ1) is 7.03. The van der Waals surface area contributed by atoms with Crippen LogP contribution in [0.3, 0.4) is 0 Å². The Kier molecular flexibility index (Phi) is 1.24. The van der Waals surface area contributed by atoms with E-state index in [1.807, 2.05) is 0 Å². The van der Waals surface area contributed by atoms with Crippen molar-refractivity contribution in [2.75, 3.05) is 6.61 Å². The molecular weight excluding hydrogens is 149 g/mol. The fraction of sp³-hybridized carbons (Fsp3) is 0.857. The van der Waals surface area contributed by atoms with Crippen molar-refractivity contribution in [1.29, 1.82) is 0 Å². The summed E-state index contributed by atoms with van der Waals surface area (Å²) in [5.74, 6) is -0.812. The largest absolute Gasteiger partial charge is 0.394 e. The van der Waals surface area contributed by atoms with Gasteiger partial charge in [-0.3, -0.25) is 4.79 Å². The number of alkyl halides is 1. The molecule has 3 nitrogen and oxygen atoms in total. The van der Waals surface area contributed by atoms with E-state index in [4.69, 9.17) is 5.11 Å². The van der Waals surface area contributed by atoms with E-state index in [9.17, 15) is 9.18 Å². The third-order valence-electron chi connectivity index (χ3n) is 2.78. The molecule has 0 spiro atoms. The average molecular weight is 159 g/mol. The number of aliphatic hydroxyl groups excluding tert-OH is 1. The molecule has 0 radical (unpaired) electrons. The number of nitrogens with one attached hydrogen (secondary N) is 1. The molecule has 62 valence electrons. The van der Waals surface area contributed by atoms with Crippen LogP contribution in [0.25, 0.3) is 0 Å². The van der Waals surface area contributed by atoms with Crippen LogP contribution in [-0.2, 0) is 4.79 Å². The maximum absolute atomic E-state index is 13.4. The first-order chi connectivity index (χ1) is 5.18. The van der Waals surface area contributed by atoms with E-state index < -0.39 is 11.6 Å². The molecule has 0 aromatic heterocycles. The molecular formula is C7H10FNO2. The summed E-state index contributed by atoms with van der Waals surface area (Å²) in [4.78, 5) is 10.9. The van der Waals surface area contributed by atoms with Crippen LogP contribution in [0, 0.1) is 5.92 Å². The van der Waals surface area contributed by atoms with Gasteiger partial charge in [0.15, 0.2) is 5.67 Å². The van der Waals surface area contributed by atoms with Gasteiger partial charge in [0, 0.05) is 5.92 Å². The molecule has 1 aliphatic heterocycles. The zero-order chi connectivity index (χ0) is 8.06. The summed E-state index contributed by atoms with van der Waals surface area (Å²) in [7, 11) is 0. The third-order valence-corrected chi connectivity index (χ3v) is 2.78. The number of carbonyl (C=O) groups is 1. The molecule has 1 saturated carbocycles. The highest BCUT2D eigenvalue weighted by Crippen LogP contribution is 2.47. The average Bonchev–Trinajstić information content (AvgIpc) is 2.12. The Morgan fingerprint density at radius 1 is 1.82 bits per heavy atom. The highest BCUT2D eigenvalue weighted by Gasteiger charge is 2.61. The monoisotopic (exact) mass is 159 g/mol. The molecule has 2 N–H and O–H groups in total. The second-order valence-corrected chi connectivity index (χ2v) is 3.27. The summed E-state index contributed by atoms with van der Waals surface area (Å²) in [6, 6.07) is -0.346. The lowest BCUT2D eigenvalue weighted by molar-refractivity contribution is -0.136. The summed E-state index contributed by atoms with van der Waals surface area (Å²) in [6.07, 6.45) is 1.03. The van der Waals surface area contributed by atoms with E-state index >= 15 is 0 Å². The molecule has 0 bridgehead atoms. The van der Waals surface area contributed by atoms with Gasteiger partial charge in [0.05, 0.1) is 12.6 Å². The molecule has 3 atom stereocenters. The summed E-state index contributed by atoms with van der Waals surface area (Å²) in [5, 5.41) is 11.2. The number of rotatable bonds is 1. The standard InChI is InChI=1S/C7H10FNO2/c8-7-2-1-4(7)5(3-10)9-6(7)11/h4-5,10H,1-3H2,(H,9,11). The highest BCUT2D eigenvalue weighted by atomic mass is 19.1. The number of amides is 1. The molecule has 0 aromatic carbocycles. The number of aliphatic hydroxyl groups is 1. The molecule has 1 heterocycles. The highest BCUT2D eigenvalue weighted by molar-refractivity contribution is 5.89. The van der Waals surface area contributed by atoms with Gasteiger partial charge in [-0.05, 0) is 12.8 Å². The lowest BCUT2D eigenvalue weighted by atomic mass is 9.70. The SMILES string of the molecule is O=C1NC(CO)C2CCC12F. The Bertz CT molecular complexity index is 209. The Hall–Kier alpha value is -0.640. The first-order valence-corrected chi connectivity index (χ1v) is 3.79. The van der Waals surface area contributed by atoms with Gasteiger partial charge >= 0.3 is 0 Å². The first-order valence-electron chi connectivity index (χ1n) is 3.79. The van der Waals surface area contributed by atoms with E-state index in [0.717, 1.165) is 0 Å². The maximum atomic E-state index is 13.4. The van der Waals surface area contributed by atoms with Crippen LogP contribution in [-0.4, -0.2) is 29.3 Å². The Labute approximate surface area is 63.6 Å². The van der Waals surface area contributed by atoms with Crippen LogP contribution >= 0.6 is 0 Å². The zero-order valence-electron chi connectivity index (χ0n) is 6.01. The minimum Gasteiger partial charge on any atom is -0.394 e. The van der Waals surface area contributed by atoms with Crippen molar-refractivity contribution in [3.05, 3.63) is 0 Å². The molecule has 4 heteroatoms. The minimum absolute atomic E-state index is 0.151. The smallest absolute Gasteiger partial charge is 0.258 e. The van der Waals surface area contributed by atoms with E-state index in [-0.39, 0.29) is 18.6 Å². The van der Waals surface area contributed by atoms with Gasteiger partial charge in [0.2, 0.25) is 0 Å². The molecule has 1 saturated heterocycles. The third kappa shape index (κ3) is 0.677. The zero-order valence-corrected chi connectivity index (χ0v) is 6.01. The van der Waals surface area contributed by atoms with E-state index in [1.165, 1.54) is 0 Å². The molecule has 2 fully saturated rings.